The number of imidazole rings is 1. The summed E-state index contributed by atoms with van der Waals surface area (Å²) in [6.07, 6.45) is 7.25. The van der Waals surface area contributed by atoms with Gasteiger partial charge in [-0.3, -0.25) is 14.5 Å². The van der Waals surface area contributed by atoms with Crippen molar-refractivity contribution in [3.63, 3.8) is 0 Å². The largest absolute Gasteiger partial charge is 0.476 e. The van der Waals surface area contributed by atoms with Crippen molar-refractivity contribution in [2.24, 2.45) is 10.9 Å². The molecule has 2 aliphatic heterocycles. The van der Waals surface area contributed by atoms with Crippen LogP contribution in [0.2, 0.25) is 0 Å². The highest BCUT2D eigenvalue weighted by Crippen LogP contribution is 2.34. The summed E-state index contributed by atoms with van der Waals surface area (Å²) < 4.78 is 8.13. The van der Waals surface area contributed by atoms with Crippen LogP contribution in [0.5, 0.6) is 5.88 Å². The molecule has 46 heavy (non-hydrogen) atoms. The summed E-state index contributed by atoms with van der Waals surface area (Å²) in [5.41, 5.74) is 2.79. The van der Waals surface area contributed by atoms with Crippen molar-refractivity contribution >= 4 is 28.9 Å². The Morgan fingerprint density at radius 2 is 1.67 bits per heavy atom. The molecule has 1 saturated carbocycles. The van der Waals surface area contributed by atoms with E-state index in [0.717, 1.165) is 30.7 Å². The highest BCUT2D eigenvalue weighted by molar-refractivity contribution is 5.95. The molecule has 3 fully saturated rings. The molecule has 3 amide bonds. The van der Waals surface area contributed by atoms with Gasteiger partial charge < -0.3 is 29.2 Å². The van der Waals surface area contributed by atoms with E-state index in [-0.39, 0.29) is 17.9 Å². The van der Waals surface area contributed by atoms with Crippen LogP contribution in [-0.4, -0.2) is 105 Å². The van der Waals surface area contributed by atoms with Crippen molar-refractivity contribution in [3.8, 4) is 11.9 Å². The van der Waals surface area contributed by atoms with Gasteiger partial charge in [-0.2, -0.15) is 10.3 Å². The van der Waals surface area contributed by atoms with Gasteiger partial charge >= 0.3 is 6.09 Å². The van der Waals surface area contributed by atoms with Crippen molar-refractivity contribution in [1.29, 1.82) is 5.26 Å². The summed E-state index contributed by atoms with van der Waals surface area (Å²) in [6.45, 7) is 5.05. The zero-order valence-electron chi connectivity index (χ0n) is 25.9. The number of rotatable bonds is 7. The highest BCUT2D eigenvalue weighted by atomic mass is 16.5. The van der Waals surface area contributed by atoms with Gasteiger partial charge in [0.15, 0.2) is 0 Å². The van der Waals surface area contributed by atoms with Gasteiger partial charge in [-0.25, -0.2) is 9.78 Å². The highest BCUT2D eigenvalue weighted by Gasteiger charge is 2.33. The average Bonchev–Trinajstić information content (AvgIpc) is 3.45. The fraction of sp³-hybridized carbons (Fsp3) is 0.515. The number of fused-ring (bicyclic) bond motifs is 1. The van der Waals surface area contributed by atoms with Crippen molar-refractivity contribution in [2.75, 3.05) is 52.4 Å². The molecule has 1 aromatic carbocycles. The normalized spacial score (nSPS) is 21.2. The number of carbonyl (C=O) groups is 3. The van der Waals surface area contributed by atoms with E-state index in [4.69, 9.17) is 10.00 Å². The van der Waals surface area contributed by atoms with E-state index in [0.29, 0.717) is 81.1 Å². The Bertz CT molecular complexity index is 1670. The van der Waals surface area contributed by atoms with Crippen LogP contribution >= 0.6 is 0 Å². The van der Waals surface area contributed by atoms with E-state index in [2.05, 4.69) is 25.9 Å². The molecule has 1 aliphatic carbocycles. The average molecular weight is 629 g/mol. The van der Waals surface area contributed by atoms with Crippen molar-refractivity contribution in [1.82, 2.24) is 29.2 Å². The van der Waals surface area contributed by atoms with Gasteiger partial charge in [0.1, 0.15) is 6.61 Å². The molecule has 13 heteroatoms. The molecule has 0 atom stereocenters. The molecule has 2 saturated heterocycles. The maximum Gasteiger partial charge on any atom is 0.407 e. The first kappa shape index (κ1) is 31.3. The van der Waals surface area contributed by atoms with Crippen LogP contribution in [0.3, 0.4) is 0 Å². The van der Waals surface area contributed by atoms with Gasteiger partial charge in [-0.15, -0.1) is 0 Å². The minimum atomic E-state index is -0.951. The third kappa shape index (κ3) is 7.07. The fourth-order valence-corrected chi connectivity index (χ4v) is 6.81. The lowest BCUT2D eigenvalue weighted by molar-refractivity contribution is -0.138. The number of aromatic amines is 1. The summed E-state index contributed by atoms with van der Waals surface area (Å²) in [6, 6.07) is 10.3. The van der Waals surface area contributed by atoms with Crippen LogP contribution < -0.4 is 10.4 Å². The van der Waals surface area contributed by atoms with E-state index >= 15 is 0 Å². The summed E-state index contributed by atoms with van der Waals surface area (Å²) in [7, 11) is 0. The molecule has 242 valence electrons. The smallest absolute Gasteiger partial charge is 0.407 e. The minimum Gasteiger partial charge on any atom is -0.476 e. The maximum absolute atomic E-state index is 13.3. The molecule has 4 heterocycles. The third-order valence-electron chi connectivity index (χ3n) is 9.44. The van der Waals surface area contributed by atoms with E-state index in [1.807, 2.05) is 10.6 Å². The predicted molar refractivity (Wildman–Crippen MR) is 168 cm³/mol. The van der Waals surface area contributed by atoms with E-state index in [9.17, 15) is 19.5 Å². The molecule has 6 rings (SSSR count). The van der Waals surface area contributed by atoms with Gasteiger partial charge in [0.05, 0.1) is 28.9 Å². The Kier molecular flexibility index (Phi) is 9.63. The second-order valence-electron chi connectivity index (χ2n) is 12.3. The van der Waals surface area contributed by atoms with Crippen LogP contribution in [0.4, 0.5) is 4.79 Å². The van der Waals surface area contributed by atoms with Gasteiger partial charge in [0.25, 0.3) is 5.91 Å². The summed E-state index contributed by atoms with van der Waals surface area (Å²) in [4.78, 5) is 55.7. The lowest BCUT2D eigenvalue weighted by atomic mass is 9.84. The molecule has 3 aliphatic rings. The topological polar surface area (TPSA) is 160 Å². The Morgan fingerprint density at radius 1 is 0.978 bits per heavy atom. The maximum atomic E-state index is 13.3. The number of amides is 3. The van der Waals surface area contributed by atoms with Crippen LogP contribution in [0, 0.1) is 17.2 Å². The molecule has 0 spiro atoms. The number of likely N-dealkylation sites (tertiary alicyclic amines) is 1. The van der Waals surface area contributed by atoms with Crippen LogP contribution in [-0.2, 0) is 4.79 Å². The molecule has 13 nitrogen and oxygen atoms in total. The number of nitriles is 1. The number of piperazine rings is 1. The number of carbonyl (C=O) groups excluding carboxylic acids is 2. The number of benzene rings is 1. The van der Waals surface area contributed by atoms with Gasteiger partial charge in [0.2, 0.25) is 17.4 Å². The van der Waals surface area contributed by atoms with Crippen molar-refractivity contribution < 1.29 is 24.2 Å². The minimum absolute atomic E-state index is 0.0160. The van der Waals surface area contributed by atoms with Gasteiger partial charge in [-0.05, 0) is 75.9 Å². The van der Waals surface area contributed by atoms with Crippen LogP contribution in [0.15, 0.2) is 41.5 Å². The zero-order valence-corrected chi connectivity index (χ0v) is 25.9. The lowest BCUT2D eigenvalue weighted by Gasteiger charge is -2.37. The van der Waals surface area contributed by atoms with Crippen molar-refractivity contribution in [3.05, 3.63) is 53.3 Å². The number of carboxylic acid groups (broad SMARTS) is 1. The number of aromatic nitrogens is 3. The molecule has 0 unspecified atom stereocenters. The summed E-state index contributed by atoms with van der Waals surface area (Å²) in [5.74, 6) is 0.0306. The standard InChI is InChI=1S/C33H40N8O5/c34-21-23-4-6-24(7-5-23)30(42)37-32-36-27-22-35-29(46-19-18-38-12-2-1-3-13-38)20-28(27)41(32)26-10-8-25(9-11-26)31(43)39-14-16-40(17-15-39)33(44)45/h4-7,20,22,25-26H,1-3,8-19H2,(H,44,45)(H,36,37,42). The summed E-state index contributed by atoms with van der Waals surface area (Å²) >= 11 is 0. The zero-order chi connectivity index (χ0) is 32.0. The molecule has 2 aromatic heterocycles. The Hall–Kier alpha value is -4.70. The molecule has 0 bridgehead atoms. The first-order valence-electron chi connectivity index (χ1n) is 16.2. The quantitative estimate of drug-likeness (QED) is 0.403. The molecule has 3 aromatic rings. The number of hydrogen-bond donors (Lipinski definition) is 2. The fourth-order valence-electron chi connectivity index (χ4n) is 6.81. The first-order valence-corrected chi connectivity index (χ1v) is 16.2. The van der Waals surface area contributed by atoms with Crippen LogP contribution in [0.25, 0.3) is 11.0 Å². The molecule has 0 radical (unpaired) electrons. The number of nitrogens with one attached hydrogen (secondary N) is 1. The number of piperidine rings is 1. The SMILES string of the molecule is N#Cc1ccc(C(=O)/N=c2/[nH]c3cnc(OCCN4CCCCC4)cc3n2C2CCC(C(=O)N3CCN(C(=O)O)CC3)CC2)cc1. The van der Waals surface area contributed by atoms with Gasteiger partial charge in [0, 0.05) is 56.3 Å². The van der Waals surface area contributed by atoms with E-state index < -0.39 is 12.0 Å². The number of H-pyrrole nitrogens is 1. The predicted octanol–water partition coefficient (Wildman–Crippen LogP) is 3.40. The monoisotopic (exact) mass is 628 g/mol. The Morgan fingerprint density at radius 3 is 2.35 bits per heavy atom. The number of hydrogen-bond acceptors (Lipinski definition) is 7. The number of pyridine rings is 1. The van der Waals surface area contributed by atoms with E-state index in [1.165, 1.54) is 24.2 Å². The molecule has 2 N–H and O–H groups in total. The van der Waals surface area contributed by atoms with Gasteiger partial charge in [-0.1, -0.05) is 6.42 Å². The number of nitrogens with zero attached hydrogens (tertiary/aromatic N) is 7. The third-order valence-corrected chi connectivity index (χ3v) is 9.44. The molecular weight excluding hydrogens is 588 g/mol. The van der Waals surface area contributed by atoms with Crippen molar-refractivity contribution in [2.45, 2.75) is 51.0 Å². The summed E-state index contributed by atoms with van der Waals surface area (Å²) in [5, 5.41) is 18.4. The Labute approximate surface area is 267 Å². The number of ether oxygens (including phenoxy) is 1. The first-order chi connectivity index (χ1) is 22.4. The second kappa shape index (κ2) is 14.2. The lowest BCUT2D eigenvalue weighted by Crippen LogP contribution is -2.52. The van der Waals surface area contributed by atoms with E-state index in [1.54, 1.807) is 35.4 Å². The second-order valence-corrected chi connectivity index (χ2v) is 12.3. The molecular formula is C33H40N8O5. The Balaban J connectivity index is 1.22. The van der Waals surface area contributed by atoms with Crippen LogP contribution in [0.1, 0.15) is 66.9 Å².